The molecule has 3 heteroatoms. The normalized spacial score (nSPS) is 9.80. The molecule has 1 aromatic heterocycles. The highest BCUT2D eigenvalue weighted by molar-refractivity contribution is 7.71. The van der Waals surface area contributed by atoms with E-state index in [9.17, 15) is 0 Å². The second kappa shape index (κ2) is 2.42. The van der Waals surface area contributed by atoms with E-state index in [1.165, 1.54) is 0 Å². The van der Waals surface area contributed by atoms with Gasteiger partial charge in [-0.15, -0.1) is 0 Å². The lowest BCUT2D eigenvalue weighted by molar-refractivity contribution is 1.16. The molecule has 2 nitrogen and oxygen atoms in total. The van der Waals surface area contributed by atoms with Crippen molar-refractivity contribution >= 4 is 17.9 Å². The third-order valence-corrected chi connectivity index (χ3v) is 1.74. The van der Waals surface area contributed by atoms with E-state index in [1.807, 2.05) is 19.9 Å². The molecule has 0 saturated carbocycles. The van der Waals surface area contributed by atoms with E-state index < -0.39 is 0 Å². The van der Waals surface area contributed by atoms with E-state index >= 15 is 0 Å². The number of rotatable bonds is 0. The maximum Gasteiger partial charge on any atom is 0.126 e. The molecule has 1 aromatic rings. The Labute approximate surface area is 65.1 Å². The van der Waals surface area contributed by atoms with Gasteiger partial charge in [0.15, 0.2) is 0 Å². The number of nitrogens with two attached hydrogens (primary N) is 1. The van der Waals surface area contributed by atoms with Crippen LogP contribution in [0.2, 0.25) is 0 Å². The van der Waals surface area contributed by atoms with Gasteiger partial charge in [0.2, 0.25) is 0 Å². The number of anilines is 1. The van der Waals surface area contributed by atoms with Gasteiger partial charge in [0.1, 0.15) is 4.64 Å². The number of nitrogens with one attached hydrogen (secondary N) is 1. The lowest BCUT2D eigenvalue weighted by Crippen LogP contribution is -1.94. The lowest BCUT2D eigenvalue weighted by Gasteiger charge is -2.00. The zero-order valence-corrected chi connectivity index (χ0v) is 6.88. The first kappa shape index (κ1) is 7.28. The molecule has 0 unspecified atom stereocenters. The Kier molecular flexibility index (Phi) is 1.76. The molecule has 0 aliphatic carbocycles. The fraction of sp³-hybridized carbons (Fsp3) is 0.286. The summed E-state index contributed by atoms with van der Waals surface area (Å²) in [7, 11) is 0. The van der Waals surface area contributed by atoms with Crippen molar-refractivity contribution in [2.45, 2.75) is 13.8 Å². The molecule has 54 valence electrons. The highest BCUT2D eigenvalue weighted by Crippen LogP contribution is 2.10. The molecule has 0 aromatic carbocycles. The van der Waals surface area contributed by atoms with E-state index in [1.54, 1.807) is 0 Å². The van der Waals surface area contributed by atoms with Gasteiger partial charge >= 0.3 is 0 Å². The van der Waals surface area contributed by atoms with Crippen LogP contribution in [0.25, 0.3) is 0 Å². The Morgan fingerprint density at radius 1 is 1.50 bits per heavy atom. The fourth-order valence-electron chi connectivity index (χ4n) is 0.864. The Hall–Kier alpha value is -0.830. The van der Waals surface area contributed by atoms with Gasteiger partial charge < -0.3 is 10.7 Å². The quantitative estimate of drug-likeness (QED) is 0.561. The summed E-state index contributed by atoms with van der Waals surface area (Å²) >= 11 is 4.95. The predicted octanol–water partition coefficient (Wildman–Crippen LogP) is 1.94. The minimum Gasteiger partial charge on any atom is -0.396 e. The summed E-state index contributed by atoms with van der Waals surface area (Å²) < 4.78 is 0.637. The van der Waals surface area contributed by atoms with E-state index in [-0.39, 0.29) is 0 Å². The zero-order chi connectivity index (χ0) is 7.72. The largest absolute Gasteiger partial charge is 0.396 e. The lowest BCUT2D eigenvalue weighted by atomic mass is 10.2. The molecular weight excluding hydrogens is 144 g/mol. The number of aryl methyl sites for hydroxylation is 2. The van der Waals surface area contributed by atoms with Crippen molar-refractivity contribution in [2.24, 2.45) is 0 Å². The summed E-state index contributed by atoms with van der Waals surface area (Å²) in [4.78, 5) is 2.97. The van der Waals surface area contributed by atoms with Gasteiger partial charge in [0.05, 0.1) is 5.69 Å². The molecule has 0 fully saturated rings. The second-order valence-electron chi connectivity index (χ2n) is 2.38. The SMILES string of the molecule is Cc1cc(C)c(N)c(=S)[nH]1. The fourth-order valence-corrected chi connectivity index (χ4v) is 1.19. The number of aromatic amines is 1. The molecular formula is C7H10N2S. The van der Waals surface area contributed by atoms with Gasteiger partial charge in [-0.05, 0) is 25.5 Å². The molecule has 3 N–H and O–H groups in total. The summed E-state index contributed by atoms with van der Waals surface area (Å²) in [5.74, 6) is 0. The maximum absolute atomic E-state index is 5.62. The van der Waals surface area contributed by atoms with Crippen molar-refractivity contribution in [1.82, 2.24) is 4.98 Å². The van der Waals surface area contributed by atoms with Crippen LogP contribution in [0.15, 0.2) is 6.07 Å². The molecule has 1 heterocycles. The third kappa shape index (κ3) is 1.19. The molecule has 0 aliphatic rings. The van der Waals surface area contributed by atoms with Gasteiger partial charge in [-0.3, -0.25) is 0 Å². The Bertz CT molecular complexity index is 301. The molecule has 0 amide bonds. The predicted molar refractivity (Wildman–Crippen MR) is 45.5 cm³/mol. The number of pyridine rings is 1. The van der Waals surface area contributed by atoms with Gasteiger partial charge in [0.25, 0.3) is 0 Å². The molecule has 0 bridgehead atoms. The zero-order valence-electron chi connectivity index (χ0n) is 6.06. The molecule has 0 saturated heterocycles. The number of aromatic nitrogens is 1. The van der Waals surface area contributed by atoms with Crippen molar-refractivity contribution in [1.29, 1.82) is 0 Å². The van der Waals surface area contributed by atoms with Gasteiger partial charge in [-0.1, -0.05) is 12.2 Å². The molecule has 1 rings (SSSR count). The molecule has 0 radical (unpaired) electrons. The smallest absolute Gasteiger partial charge is 0.126 e. The van der Waals surface area contributed by atoms with E-state index in [2.05, 4.69) is 4.98 Å². The van der Waals surface area contributed by atoms with Gasteiger partial charge in [-0.2, -0.15) is 0 Å². The standard InChI is InChI=1S/C7H10N2S/c1-4-3-5(2)9-7(10)6(4)8/h3H,8H2,1-2H3,(H,9,10). The second-order valence-corrected chi connectivity index (χ2v) is 2.79. The third-order valence-electron chi connectivity index (χ3n) is 1.41. The van der Waals surface area contributed by atoms with Gasteiger partial charge in [-0.25, -0.2) is 0 Å². The number of hydrogen-bond donors (Lipinski definition) is 2. The van der Waals surface area contributed by atoms with Crippen molar-refractivity contribution < 1.29 is 0 Å². The van der Waals surface area contributed by atoms with Crippen LogP contribution < -0.4 is 5.73 Å². The molecule has 10 heavy (non-hydrogen) atoms. The van der Waals surface area contributed by atoms with Crippen molar-refractivity contribution in [2.75, 3.05) is 5.73 Å². The summed E-state index contributed by atoms with van der Waals surface area (Å²) in [6.07, 6.45) is 0. The average Bonchev–Trinajstić information content (AvgIpc) is 1.82. The van der Waals surface area contributed by atoms with Crippen LogP contribution in [0.1, 0.15) is 11.3 Å². The molecule has 0 aliphatic heterocycles. The summed E-state index contributed by atoms with van der Waals surface area (Å²) in [5, 5.41) is 0. The van der Waals surface area contributed by atoms with E-state index in [0.717, 1.165) is 11.3 Å². The van der Waals surface area contributed by atoms with Crippen LogP contribution >= 0.6 is 12.2 Å². The van der Waals surface area contributed by atoms with Crippen molar-refractivity contribution in [3.63, 3.8) is 0 Å². The summed E-state index contributed by atoms with van der Waals surface area (Å²) in [6.45, 7) is 3.91. The molecule has 0 atom stereocenters. The van der Waals surface area contributed by atoms with Crippen LogP contribution in [0.3, 0.4) is 0 Å². The Morgan fingerprint density at radius 2 is 2.10 bits per heavy atom. The first-order valence-corrected chi connectivity index (χ1v) is 3.48. The average molecular weight is 154 g/mol. The van der Waals surface area contributed by atoms with Crippen LogP contribution in [0, 0.1) is 18.5 Å². The highest BCUT2D eigenvalue weighted by Gasteiger charge is 1.94. The minimum absolute atomic E-state index is 0.637. The first-order valence-electron chi connectivity index (χ1n) is 3.07. The minimum atomic E-state index is 0.637. The number of hydrogen-bond acceptors (Lipinski definition) is 2. The van der Waals surface area contributed by atoms with Crippen molar-refractivity contribution in [3.05, 3.63) is 22.0 Å². The van der Waals surface area contributed by atoms with Crippen LogP contribution in [-0.4, -0.2) is 4.98 Å². The Balaban J connectivity index is 3.46. The molecule has 0 spiro atoms. The van der Waals surface area contributed by atoms with Crippen molar-refractivity contribution in [3.8, 4) is 0 Å². The topological polar surface area (TPSA) is 41.8 Å². The first-order chi connectivity index (χ1) is 4.61. The maximum atomic E-state index is 5.62. The van der Waals surface area contributed by atoms with Gasteiger partial charge in [0, 0.05) is 5.69 Å². The monoisotopic (exact) mass is 154 g/mol. The van der Waals surface area contributed by atoms with E-state index in [0.29, 0.717) is 10.3 Å². The summed E-state index contributed by atoms with van der Waals surface area (Å²) in [6, 6.07) is 1.98. The number of nitrogen functional groups attached to an aromatic ring is 1. The van der Waals surface area contributed by atoms with E-state index in [4.69, 9.17) is 18.0 Å². The summed E-state index contributed by atoms with van der Waals surface area (Å²) in [5.41, 5.74) is 8.39. The highest BCUT2D eigenvalue weighted by atomic mass is 32.1. The Morgan fingerprint density at radius 3 is 2.60 bits per heavy atom. The van der Waals surface area contributed by atoms with Crippen LogP contribution in [-0.2, 0) is 0 Å². The van der Waals surface area contributed by atoms with Crippen LogP contribution in [0.5, 0.6) is 0 Å². The number of H-pyrrole nitrogens is 1. The van der Waals surface area contributed by atoms with Crippen LogP contribution in [0.4, 0.5) is 5.69 Å².